The molecule has 2 fully saturated rings. The van der Waals surface area contributed by atoms with Crippen LogP contribution in [0.3, 0.4) is 0 Å². The molecule has 9 heteroatoms. The maximum Gasteiger partial charge on any atom is 0.414 e. The summed E-state index contributed by atoms with van der Waals surface area (Å²) < 4.78 is 17.1. The first kappa shape index (κ1) is 23.9. The van der Waals surface area contributed by atoms with E-state index in [4.69, 9.17) is 14.2 Å². The molecule has 4 rings (SSSR count). The minimum atomic E-state index is -0.620. The van der Waals surface area contributed by atoms with E-state index in [1.54, 1.807) is 17.0 Å². The van der Waals surface area contributed by atoms with Gasteiger partial charge >= 0.3 is 6.09 Å². The first-order chi connectivity index (χ1) is 15.9. The zero-order valence-corrected chi connectivity index (χ0v) is 20.5. The van der Waals surface area contributed by atoms with Gasteiger partial charge in [-0.25, -0.2) is 4.79 Å². The number of amides is 2. The predicted molar refractivity (Wildman–Crippen MR) is 128 cm³/mol. The highest BCUT2D eigenvalue weighted by atomic mass is 79.9. The first-order valence-corrected chi connectivity index (χ1v) is 12.5. The van der Waals surface area contributed by atoms with Crippen molar-refractivity contribution in [1.29, 1.82) is 0 Å². The largest absolute Gasteiger partial charge is 0.493 e. The van der Waals surface area contributed by atoms with Crippen molar-refractivity contribution in [3.63, 3.8) is 0 Å². The standard InChI is InChI=1S/C24H31BrN2O6/c1-3-9-32-23(30)27-13-16-10-17(28)14-26(16)22(29)18-11-20(31-2)21(12-19(18)27)33-15-24(6-7-24)5-4-8-25/h3,11-12,16-17,28H,1,4-10,13-15H2,2H3/t16-,17+/m0/s1. The van der Waals surface area contributed by atoms with E-state index in [2.05, 4.69) is 22.5 Å². The number of hydrogen-bond donors (Lipinski definition) is 1. The minimum Gasteiger partial charge on any atom is -0.493 e. The normalized spacial score (nSPS) is 22.8. The number of halogens is 1. The van der Waals surface area contributed by atoms with E-state index in [9.17, 15) is 14.7 Å². The molecule has 0 aromatic heterocycles. The monoisotopic (exact) mass is 522 g/mol. The van der Waals surface area contributed by atoms with Crippen LogP contribution in [0.2, 0.25) is 0 Å². The second kappa shape index (κ2) is 9.93. The van der Waals surface area contributed by atoms with Gasteiger partial charge in [0, 0.05) is 29.9 Å². The van der Waals surface area contributed by atoms with Crippen LogP contribution < -0.4 is 14.4 Å². The van der Waals surface area contributed by atoms with Crippen LogP contribution >= 0.6 is 15.9 Å². The van der Waals surface area contributed by atoms with Gasteiger partial charge in [0.15, 0.2) is 11.5 Å². The average Bonchev–Trinajstić information content (AvgIpc) is 3.51. The molecule has 1 aromatic rings. The lowest BCUT2D eigenvalue weighted by atomic mass is 10.0. The summed E-state index contributed by atoms with van der Waals surface area (Å²) in [5.74, 6) is 0.695. The average molecular weight is 523 g/mol. The van der Waals surface area contributed by atoms with Crippen LogP contribution in [0.15, 0.2) is 24.8 Å². The number of fused-ring (bicyclic) bond motifs is 2. The molecule has 2 atom stereocenters. The zero-order valence-electron chi connectivity index (χ0n) is 18.9. The van der Waals surface area contributed by atoms with Crippen molar-refractivity contribution >= 4 is 33.6 Å². The SMILES string of the molecule is C=CCOC(=O)N1C[C@@H]2C[C@@H](O)CN2C(=O)c2cc(OC)c(OCC3(CCCBr)CC3)cc21. The minimum absolute atomic E-state index is 0.0607. The van der Waals surface area contributed by atoms with Crippen molar-refractivity contribution in [3.05, 3.63) is 30.4 Å². The summed E-state index contributed by atoms with van der Waals surface area (Å²) in [6, 6.07) is 3.04. The number of anilines is 1. The van der Waals surface area contributed by atoms with Crippen LogP contribution in [-0.4, -0.2) is 72.9 Å². The molecule has 0 unspecified atom stereocenters. The van der Waals surface area contributed by atoms with E-state index in [0.717, 1.165) is 31.0 Å². The van der Waals surface area contributed by atoms with Crippen molar-refractivity contribution < 1.29 is 28.9 Å². The van der Waals surface area contributed by atoms with Crippen LogP contribution in [0.4, 0.5) is 10.5 Å². The maximum absolute atomic E-state index is 13.4. The topological polar surface area (TPSA) is 88.5 Å². The number of aliphatic hydroxyl groups is 1. The summed E-state index contributed by atoms with van der Waals surface area (Å²) >= 11 is 3.50. The van der Waals surface area contributed by atoms with Gasteiger partial charge in [-0.2, -0.15) is 0 Å². The van der Waals surface area contributed by atoms with Gasteiger partial charge in [0.1, 0.15) is 6.61 Å². The van der Waals surface area contributed by atoms with E-state index >= 15 is 0 Å². The maximum atomic E-state index is 13.4. The summed E-state index contributed by atoms with van der Waals surface area (Å²) in [5.41, 5.74) is 0.939. The van der Waals surface area contributed by atoms with Crippen molar-refractivity contribution in [2.45, 2.75) is 44.2 Å². The van der Waals surface area contributed by atoms with Gasteiger partial charge in [-0.05, 0) is 38.2 Å². The molecular weight excluding hydrogens is 492 g/mol. The lowest BCUT2D eigenvalue weighted by molar-refractivity contribution is 0.0726. The molecule has 2 aliphatic heterocycles. The second-order valence-corrected chi connectivity index (χ2v) is 9.87. The zero-order chi connectivity index (χ0) is 23.6. The number of benzene rings is 1. The highest BCUT2D eigenvalue weighted by molar-refractivity contribution is 9.09. The van der Waals surface area contributed by atoms with E-state index < -0.39 is 12.2 Å². The van der Waals surface area contributed by atoms with Gasteiger partial charge in [0.05, 0.1) is 37.1 Å². The Hall–Kier alpha value is -2.26. The van der Waals surface area contributed by atoms with Gasteiger partial charge in [-0.1, -0.05) is 28.6 Å². The van der Waals surface area contributed by atoms with Crippen molar-refractivity contribution in [2.24, 2.45) is 5.41 Å². The van der Waals surface area contributed by atoms with Crippen molar-refractivity contribution in [1.82, 2.24) is 4.90 Å². The molecular formula is C24H31BrN2O6. The fourth-order valence-electron chi connectivity index (χ4n) is 4.69. The third-order valence-corrected chi connectivity index (χ3v) is 7.29. The van der Waals surface area contributed by atoms with Gasteiger partial charge in [-0.15, -0.1) is 0 Å². The highest BCUT2D eigenvalue weighted by Crippen LogP contribution is 2.50. The number of methoxy groups -OCH3 is 1. The number of carbonyl (C=O) groups is 2. The van der Waals surface area contributed by atoms with Gasteiger partial charge in [0.2, 0.25) is 0 Å². The fourth-order valence-corrected chi connectivity index (χ4v) is 4.97. The van der Waals surface area contributed by atoms with Crippen LogP contribution in [0.25, 0.3) is 0 Å². The van der Waals surface area contributed by atoms with Crippen molar-refractivity contribution in [3.8, 4) is 11.5 Å². The van der Waals surface area contributed by atoms with Crippen molar-refractivity contribution in [2.75, 3.05) is 43.6 Å². The molecule has 180 valence electrons. The molecule has 1 aliphatic carbocycles. The molecule has 0 spiro atoms. The Bertz CT molecular complexity index is 918. The molecule has 8 nitrogen and oxygen atoms in total. The lowest BCUT2D eigenvalue weighted by Gasteiger charge is -2.26. The molecule has 1 saturated carbocycles. The molecule has 3 aliphatic rings. The fraction of sp³-hybridized carbons (Fsp3) is 0.583. The molecule has 33 heavy (non-hydrogen) atoms. The summed E-state index contributed by atoms with van der Waals surface area (Å²) in [7, 11) is 1.53. The van der Waals surface area contributed by atoms with Crippen LogP contribution in [0.5, 0.6) is 11.5 Å². The smallest absolute Gasteiger partial charge is 0.414 e. The Morgan fingerprint density at radius 3 is 2.79 bits per heavy atom. The molecule has 1 saturated heterocycles. The molecule has 2 heterocycles. The molecule has 2 amide bonds. The second-order valence-electron chi connectivity index (χ2n) is 9.08. The summed E-state index contributed by atoms with van der Waals surface area (Å²) in [5, 5.41) is 11.1. The number of aliphatic hydroxyl groups excluding tert-OH is 1. The van der Waals surface area contributed by atoms with Crippen LogP contribution in [-0.2, 0) is 4.74 Å². The predicted octanol–water partition coefficient (Wildman–Crippen LogP) is 3.75. The Balaban J connectivity index is 1.67. The molecule has 1 aromatic carbocycles. The third-order valence-electron chi connectivity index (χ3n) is 6.73. The third kappa shape index (κ3) is 4.99. The lowest BCUT2D eigenvalue weighted by Crippen LogP contribution is -2.42. The summed E-state index contributed by atoms with van der Waals surface area (Å²) in [6.07, 6.45) is 5.15. The number of nitrogens with zero attached hydrogens (tertiary/aromatic N) is 2. The number of carbonyl (C=O) groups excluding carboxylic acids is 2. The number of alkyl halides is 1. The van der Waals surface area contributed by atoms with Gasteiger partial charge in [-0.3, -0.25) is 9.69 Å². The highest BCUT2D eigenvalue weighted by Gasteiger charge is 2.44. The summed E-state index contributed by atoms with van der Waals surface area (Å²) in [4.78, 5) is 29.4. The van der Waals surface area contributed by atoms with Crippen LogP contribution in [0.1, 0.15) is 42.5 Å². The van der Waals surface area contributed by atoms with E-state index in [1.807, 2.05) is 0 Å². The van der Waals surface area contributed by atoms with E-state index in [-0.39, 0.29) is 37.1 Å². The molecule has 0 bridgehead atoms. The first-order valence-electron chi connectivity index (χ1n) is 11.4. The van der Waals surface area contributed by atoms with Gasteiger partial charge in [0.25, 0.3) is 5.91 Å². The number of ether oxygens (including phenoxy) is 3. The quantitative estimate of drug-likeness (QED) is 0.392. The number of rotatable bonds is 9. The van der Waals surface area contributed by atoms with E-state index in [0.29, 0.717) is 35.8 Å². The van der Waals surface area contributed by atoms with E-state index in [1.165, 1.54) is 18.1 Å². The van der Waals surface area contributed by atoms with Crippen LogP contribution in [0, 0.1) is 5.41 Å². The summed E-state index contributed by atoms with van der Waals surface area (Å²) in [6.45, 7) is 4.68. The van der Waals surface area contributed by atoms with Gasteiger partial charge < -0.3 is 24.2 Å². The Kier molecular flexibility index (Phi) is 7.19. The Labute approximate surface area is 202 Å². The molecule has 0 radical (unpaired) electrons. The Morgan fingerprint density at radius 2 is 2.12 bits per heavy atom. The molecule has 1 N–H and O–H groups in total. The number of hydrogen-bond acceptors (Lipinski definition) is 6. The Morgan fingerprint density at radius 1 is 1.33 bits per heavy atom.